The van der Waals surface area contributed by atoms with Crippen molar-refractivity contribution >= 4 is 0 Å². The topological polar surface area (TPSA) is 28.7 Å². The molecule has 0 aliphatic carbocycles. The first-order valence-electron chi connectivity index (χ1n) is 7.67. The van der Waals surface area contributed by atoms with Crippen molar-refractivity contribution in [3.63, 3.8) is 0 Å². The number of aromatic amines is 1. The Hall–Kier alpha value is -2.35. The van der Waals surface area contributed by atoms with Crippen LogP contribution in [0, 0.1) is 34.6 Å². The number of rotatable bonds is 2. The second-order valence-corrected chi connectivity index (χ2v) is 6.17. The fourth-order valence-electron chi connectivity index (χ4n) is 2.75. The Morgan fingerprint density at radius 2 is 1.23 bits per heavy atom. The van der Waals surface area contributed by atoms with Crippen molar-refractivity contribution in [1.29, 1.82) is 0 Å². The van der Waals surface area contributed by atoms with Crippen LogP contribution in [0.2, 0.25) is 0 Å². The van der Waals surface area contributed by atoms with Crippen LogP contribution in [0.3, 0.4) is 0 Å². The number of aryl methyl sites for hydroxylation is 4. The van der Waals surface area contributed by atoms with Crippen LogP contribution in [0.1, 0.15) is 27.8 Å². The zero-order valence-electron chi connectivity index (χ0n) is 13.9. The van der Waals surface area contributed by atoms with E-state index in [0.29, 0.717) is 0 Å². The Morgan fingerprint density at radius 3 is 1.82 bits per heavy atom. The highest BCUT2D eigenvalue weighted by Crippen LogP contribution is 2.31. The maximum Gasteiger partial charge on any atom is 0.0956 e. The molecule has 0 saturated heterocycles. The van der Waals surface area contributed by atoms with Gasteiger partial charge in [-0.15, -0.1) is 0 Å². The van der Waals surface area contributed by atoms with E-state index in [1.54, 1.807) is 0 Å². The van der Waals surface area contributed by atoms with Crippen molar-refractivity contribution in [3.05, 3.63) is 64.2 Å². The van der Waals surface area contributed by atoms with Gasteiger partial charge >= 0.3 is 0 Å². The summed E-state index contributed by atoms with van der Waals surface area (Å²) in [5.74, 6) is 0. The summed E-state index contributed by atoms with van der Waals surface area (Å²) in [7, 11) is 0. The monoisotopic (exact) mass is 290 g/mol. The van der Waals surface area contributed by atoms with Gasteiger partial charge in [0.05, 0.1) is 11.4 Å². The molecule has 0 atom stereocenters. The molecule has 0 spiro atoms. The average Bonchev–Trinajstić information content (AvgIpc) is 2.87. The van der Waals surface area contributed by atoms with Crippen molar-refractivity contribution < 1.29 is 0 Å². The highest BCUT2D eigenvalue weighted by molar-refractivity contribution is 5.74. The highest BCUT2D eigenvalue weighted by atomic mass is 15.1. The van der Waals surface area contributed by atoms with E-state index in [4.69, 9.17) is 0 Å². The summed E-state index contributed by atoms with van der Waals surface area (Å²) in [6.07, 6.45) is 0. The van der Waals surface area contributed by atoms with Gasteiger partial charge in [-0.3, -0.25) is 5.10 Å². The molecular weight excluding hydrogens is 268 g/mol. The van der Waals surface area contributed by atoms with Crippen molar-refractivity contribution in [2.45, 2.75) is 34.6 Å². The summed E-state index contributed by atoms with van der Waals surface area (Å²) in [4.78, 5) is 0. The minimum absolute atomic E-state index is 1.04. The number of hydrogen-bond donors (Lipinski definition) is 1. The molecule has 1 N–H and O–H groups in total. The molecule has 1 heterocycles. The van der Waals surface area contributed by atoms with Gasteiger partial charge in [-0.1, -0.05) is 24.3 Å². The van der Waals surface area contributed by atoms with Gasteiger partial charge in [0, 0.05) is 16.7 Å². The second-order valence-electron chi connectivity index (χ2n) is 6.17. The Kier molecular flexibility index (Phi) is 3.61. The summed E-state index contributed by atoms with van der Waals surface area (Å²) in [6, 6.07) is 13.1. The SMILES string of the molecule is Cc1ccc(-c2n[nH]c(-c3ccc(C)c(C)c3)c2C)cc1C. The largest absolute Gasteiger partial charge is 0.277 e. The van der Waals surface area contributed by atoms with Gasteiger partial charge in [0.15, 0.2) is 0 Å². The van der Waals surface area contributed by atoms with Crippen LogP contribution < -0.4 is 0 Å². The molecule has 0 aliphatic rings. The molecule has 1 aromatic heterocycles. The Bertz CT molecular complexity index is 772. The lowest BCUT2D eigenvalue weighted by molar-refractivity contribution is 1.10. The number of benzene rings is 2. The summed E-state index contributed by atoms with van der Waals surface area (Å²) in [5, 5.41) is 7.78. The fourth-order valence-corrected chi connectivity index (χ4v) is 2.75. The van der Waals surface area contributed by atoms with E-state index in [1.807, 2.05) is 0 Å². The number of H-pyrrole nitrogens is 1. The van der Waals surface area contributed by atoms with E-state index >= 15 is 0 Å². The number of nitrogens with zero attached hydrogens (tertiary/aromatic N) is 1. The Labute approximate surface area is 132 Å². The van der Waals surface area contributed by atoms with Crippen molar-refractivity contribution in [2.75, 3.05) is 0 Å². The molecule has 2 aromatic carbocycles. The van der Waals surface area contributed by atoms with Gasteiger partial charge in [-0.25, -0.2) is 0 Å². The molecule has 22 heavy (non-hydrogen) atoms. The standard InChI is InChI=1S/C20H22N2/c1-12-6-8-17(10-14(12)3)19-16(5)20(22-21-19)18-9-7-13(2)15(4)11-18/h6-11H,1-5H3,(H,21,22). The zero-order chi connectivity index (χ0) is 15.9. The quantitative estimate of drug-likeness (QED) is 0.683. The van der Waals surface area contributed by atoms with E-state index < -0.39 is 0 Å². The van der Waals surface area contributed by atoms with Crippen LogP contribution in [-0.4, -0.2) is 10.2 Å². The highest BCUT2D eigenvalue weighted by Gasteiger charge is 2.13. The molecule has 0 aliphatic heterocycles. The Balaban J connectivity index is 2.08. The summed E-state index contributed by atoms with van der Waals surface area (Å²) in [6.45, 7) is 10.7. The summed E-state index contributed by atoms with van der Waals surface area (Å²) in [5.41, 5.74) is 10.9. The summed E-state index contributed by atoms with van der Waals surface area (Å²) >= 11 is 0. The van der Waals surface area contributed by atoms with E-state index in [-0.39, 0.29) is 0 Å². The Morgan fingerprint density at radius 1 is 0.682 bits per heavy atom. The van der Waals surface area contributed by atoms with Crippen molar-refractivity contribution in [2.24, 2.45) is 0 Å². The van der Waals surface area contributed by atoms with Gasteiger partial charge in [0.1, 0.15) is 0 Å². The molecule has 0 bridgehead atoms. The molecule has 0 radical (unpaired) electrons. The molecule has 0 fully saturated rings. The number of hydrogen-bond acceptors (Lipinski definition) is 1. The van der Waals surface area contributed by atoms with Crippen LogP contribution in [0.4, 0.5) is 0 Å². The van der Waals surface area contributed by atoms with Crippen LogP contribution in [0.25, 0.3) is 22.5 Å². The van der Waals surface area contributed by atoms with Crippen molar-refractivity contribution in [1.82, 2.24) is 10.2 Å². The third kappa shape index (κ3) is 2.45. The predicted octanol–water partition coefficient (Wildman–Crippen LogP) is 5.29. The van der Waals surface area contributed by atoms with E-state index in [2.05, 4.69) is 81.2 Å². The molecule has 0 saturated carbocycles. The minimum Gasteiger partial charge on any atom is -0.277 e. The lowest BCUT2D eigenvalue weighted by Crippen LogP contribution is -1.87. The fraction of sp³-hybridized carbons (Fsp3) is 0.250. The third-order valence-electron chi connectivity index (χ3n) is 4.59. The van der Waals surface area contributed by atoms with Gasteiger partial charge in [0.25, 0.3) is 0 Å². The lowest BCUT2D eigenvalue weighted by atomic mass is 9.98. The van der Waals surface area contributed by atoms with Crippen molar-refractivity contribution in [3.8, 4) is 22.5 Å². The molecule has 3 rings (SSSR count). The minimum atomic E-state index is 1.04. The molecule has 0 unspecified atom stereocenters. The normalized spacial score (nSPS) is 11.0. The van der Waals surface area contributed by atoms with E-state index in [0.717, 1.165) is 11.4 Å². The van der Waals surface area contributed by atoms with Crippen LogP contribution in [-0.2, 0) is 0 Å². The average molecular weight is 290 g/mol. The molecule has 112 valence electrons. The van der Waals surface area contributed by atoms with Crippen LogP contribution >= 0.6 is 0 Å². The molecule has 2 heteroatoms. The van der Waals surface area contributed by atoms with Gasteiger partial charge < -0.3 is 0 Å². The first kappa shape index (κ1) is 14.6. The molecule has 2 nitrogen and oxygen atoms in total. The third-order valence-corrected chi connectivity index (χ3v) is 4.59. The predicted molar refractivity (Wildman–Crippen MR) is 93.1 cm³/mol. The maximum atomic E-state index is 4.56. The molecule has 3 aromatic rings. The van der Waals surface area contributed by atoms with E-state index in [1.165, 1.54) is 38.9 Å². The maximum absolute atomic E-state index is 4.56. The lowest BCUT2D eigenvalue weighted by Gasteiger charge is -2.06. The van der Waals surface area contributed by atoms with Gasteiger partial charge in [-0.05, 0) is 69.0 Å². The smallest absolute Gasteiger partial charge is 0.0956 e. The number of aromatic nitrogens is 2. The van der Waals surface area contributed by atoms with Crippen LogP contribution in [0.15, 0.2) is 36.4 Å². The first-order valence-corrected chi connectivity index (χ1v) is 7.67. The van der Waals surface area contributed by atoms with Crippen LogP contribution in [0.5, 0.6) is 0 Å². The molecular formula is C20H22N2. The molecule has 0 amide bonds. The number of nitrogens with one attached hydrogen (secondary N) is 1. The second kappa shape index (κ2) is 5.45. The summed E-state index contributed by atoms with van der Waals surface area (Å²) < 4.78 is 0. The zero-order valence-corrected chi connectivity index (χ0v) is 13.9. The first-order chi connectivity index (χ1) is 10.5. The van der Waals surface area contributed by atoms with E-state index in [9.17, 15) is 0 Å². The van der Waals surface area contributed by atoms with Gasteiger partial charge in [-0.2, -0.15) is 5.10 Å². The van der Waals surface area contributed by atoms with Gasteiger partial charge in [0.2, 0.25) is 0 Å².